The molecule has 3 rings (SSSR count). The third kappa shape index (κ3) is 4.28. The minimum Gasteiger partial charge on any atom is -0.772 e. The molecule has 1 heterocycles. The van der Waals surface area contributed by atoms with Crippen molar-refractivity contribution in [1.29, 1.82) is 0 Å². The summed E-state index contributed by atoms with van der Waals surface area (Å²) >= 11 is -2.43. The summed E-state index contributed by atoms with van der Waals surface area (Å²) in [7, 11) is 0. The molecule has 0 spiro atoms. The van der Waals surface area contributed by atoms with Gasteiger partial charge in [0.15, 0.2) is 0 Å². The summed E-state index contributed by atoms with van der Waals surface area (Å²) in [5, 5.41) is 0. The maximum atomic E-state index is 14.3. The summed E-state index contributed by atoms with van der Waals surface area (Å²) < 4.78 is 75.6. The van der Waals surface area contributed by atoms with Gasteiger partial charge in [-0.3, -0.25) is 9.19 Å². The largest absolute Gasteiger partial charge is 0.772 e. The molecule has 3 aromatic rings. The van der Waals surface area contributed by atoms with Gasteiger partial charge < -0.3 is 4.55 Å². The molecule has 1 atom stereocenters. The van der Waals surface area contributed by atoms with Crippen LogP contribution >= 0.6 is 0 Å². The second-order valence-corrected chi connectivity index (χ2v) is 7.10. The van der Waals surface area contributed by atoms with Crippen LogP contribution in [0.1, 0.15) is 16.7 Å². The fourth-order valence-corrected chi connectivity index (χ4v) is 3.42. The predicted octanol–water partition coefficient (Wildman–Crippen LogP) is 5.26. The van der Waals surface area contributed by atoms with Gasteiger partial charge in [-0.05, 0) is 52.9 Å². The van der Waals surface area contributed by atoms with Crippen molar-refractivity contribution in [1.82, 2.24) is 4.98 Å². The van der Waals surface area contributed by atoms with E-state index in [-0.39, 0.29) is 11.1 Å². The first-order chi connectivity index (χ1) is 13.2. The number of alkyl halides is 3. The maximum Gasteiger partial charge on any atom is 0.416 e. The zero-order chi connectivity index (χ0) is 20.5. The molecule has 2 aromatic carbocycles. The van der Waals surface area contributed by atoms with Gasteiger partial charge in [0.2, 0.25) is 0 Å². The van der Waals surface area contributed by atoms with Gasteiger partial charge in [-0.1, -0.05) is 35.3 Å². The Bertz CT molecular complexity index is 1050. The number of hydrogen-bond donors (Lipinski definition) is 0. The number of aryl methyl sites for hydroxylation is 1. The summed E-state index contributed by atoms with van der Waals surface area (Å²) in [6, 6.07) is 9.57. The molecule has 0 aliphatic heterocycles. The van der Waals surface area contributed by atoms with Crippen LogP contribution in [-0.2, 0) is 23.0 Å². The van der Waals surface area contributed by atoms with E-state index in [1.165, 1.54) is 37.5 Å². The summed E-state index contributed by atoms with van der Waals surface area (Å²) in [5.41, 5.74) is 0.973. The molecule has 0 saturated carbocycles. The Balaban J connectivity index is 2.11. The second-order valence-electron chi connectivity index (χ2n) is 6.20. The van der Waals surface area contributed by atoms with Crippen LogP contribution in [0.3, 0.4) is 0 Å². The van der Waals surface area contributed by atoms with Gasteiger partial charge in [-0.2, -0.15) is 13.2 Å². The molecule has 0 radical (unpaired) electrons. The summed E-state index contributed by atoms with van der Waals surface area (Å²) in [6.07, 6.45) is -1.62. The minimum absolute atomic E-state index is 0.0113. The molecule has 28 heavy (non-hydrogen) atoms. The molecule has 0 N–H and O–H groups in total. The van der Waals surface area contributed by atoms with Crippen LogP contribution in [0.4, 0.5) is 17.6 Å². The Morgan fingerprint density at radius 2 is 1.71 bits per heavy atom. The van der Waals surface area contributed by atoms with Gasteiger partial charge in [0.05, 0.1) is 5.56 Å². The normalized spacial score (nSPS) is 12.8. The van der Waals surface area contributed by atoms with Crippen LogP contribution in [0, 0.1) is 12.7 Å². The number of nitrogens with zero attached hydrogens (tertiary/aromatic N) is 1. The molecule has 8 heteroatoms. The molecule has 0 bridgehead atoms. The van der Waals surface area contributed by atoms with E-state index in [1.54, 1.807) is 12.1 Å². The third-order valence-corrected chi connectivity index (χ3v) is 4.86. The highest BCUT2D eigenvalue weighted by molar-refractivity contribution is 7.78. The van der Waals surface area contributed by atoms with Gasteiger partial charge in [0, 0.05) is 23.7 Å². The zero-order valence-electron chi connectivity index (χ0n) is 14.6. The summed E-state index contributed by atoms with van der Waals surface area (Å²) in [4.78, 5) is 3.99. The first-order valence-corrected chi connectivity index (χ1v) is 9.38. The number of pyridine rings is 1. The standard InChI is InChI=1S/C20H15F4NO2S/c1-12-2-3-13(8-18(12)20(22,23)24)16-6-7-25-10-17(16)14-4-5-15(11-28(26)27)19(21)9-14/h2-10H,11H2,1H3,(H,26,27)/p-1. The van der Waals surface area contributed by atoms with E-state index in [0.29, 0.717) is 22.3 Å². The highest BCUT2D eigenvalue weighted by Crippen LogP contribution is 2.37. The highest BCUT2D eigenvalue weighted by Gasteiger charge is 2.32. The average Bonchev–Trinajstić information content (AvgIpc) is 2.62. The molecule has 0 saturated heterocycles. The van der Waals surface area contributed by atoms with Crippen LogP contribution in [0.25, 0.3) is 22.3 Å². The van der Waals surface area contributed by atoms with Gasteiger partial charge in [0.25, 0.3) is 0 Å². The van der Waals surface area contributed by atoms with Gasteiger partial charge >= 0.3 is 6.18 Å². The van der Waals surface area contributed by atoms with Crippen LogP contribution in [0.15, 0.2) is 54.9 Å². The maximum absolute atomic E-state index is 14.3. The van der Waals surface area contributed by atoms with Crippen molar-refractivity contribution in [3.8, 4) is 22.3 Å². The number of rotatable bonds is 4. The molecular weight excluding hydrogens is 394 g/mol. The quantitative estimate of drug-likeness (QED) is 0.437. The number of hydrogen-bond acceptors (Lipinski definition) is 3. The molecular formula is C20H14F4NO2S-. The van der Waals surface area contributed by atoms with Crippen molar-refractivity contribution < 1.29 is 26.3 Å². The summed E-state index contributed by atoms with van der Waals surface area (Å²) in [6.45, 7) is 1.38. The average molecular weight is 408 g/mol. The van der Waals surface area contributed by atoms with E-state index < -0.39 is 34.4 Å². The van der Waals surface area contributed by atoms with Gasteiger partial charge in [0.1, 0.15) is 5.82 Å². The van der Waals surface area contributed by atoms with Crippen molar-refractivity contribution >= 4 is 11.1 Å². The monoisotopic (exact) mass is 408 g/mol. The fraction of sp³-hybridized carbons (Fsp3) is 0.150. The van der Waals surface area contributed by atoms with Crippen molar-refractivity contribution in [3.05, 3.63) is 77.4 Å². The Hall–Kier alpha value is -2.58. The van der Waals surface area contributed by atoms with Crippen LogP contribution < -0.4 is 0 Å². The van der Waals surface area contributed by atoms with Crippen LogP contribution in [0.5, 0.6) is 0 Å². The van der Waals surface area contributed by atoms with Crippen molar-refractivity contribution in [2.45, 2.75) is 18.9 Å². The second kappa shape index (κ2) is 7.81. The van der Waals surface area contributed by atoms with Gasteiger partial charge in [-0.15, -0.1) is 0 Å². The van der Waals surface area contributed by atoms with E-state index in [9.17, 15) is 26.3 Å². The van der Waals surface area contributed by atoms with Crippen molar-refractivity contribution in [2.24, 2.45) is 0 Å². The Kier molecular flexibility index (Phi) is 5.62. The van der Waals surface area contributed by atoms with E-state index >= 15 is 0 Å². The molecule has 0 amide bonds. The Morgan fingerprint density at radius 1 is 1.04 bits per heavy atom. The zero-order valence-corrected chi connectivity index (χ0v) is 15.4. The summed E-state index contributed by atoms with van der Waals surface area (Å²) in [5.74, 6) is -1.17. The Labute approximate surface area is 161 Å². The number of aromatic nitrogens is 1. The lowest BCUT2D eigenvalue weighted by Crippen LogP contribution is -2.07. The minimum atomic E-state index is -4.49. The molecule has 3 nitrogen and oxygen atoms in total. The number of halogens is 4. The lowest BCUT2D eigenvalue weighted by molar-refractivity contribution is -0.138. The third-order valence-electron chi connectivity index (χ3n) is 4.31. The lowest BCUT2D eigenvalue weighted by atomic mass is 9.93. The topological polar surface area (TPSA) is 53.0 Å². The Morgan fingerprint density at radius 3 is 2.36 bits per heavy atom. The van der Waals surface area contributed by atoms with Crippen molar-refractivity contribution in [3.63, 3.8) is 0 Å². The smallest absolute Gasteiger partial charge is 0.416 e. The molecule has 1 unspecified atom stereocenters. The molecule has 0 aliphatic rings. The lowest BCUT2D eigenvalue weighted by Gasteiger charge is -2.15. The molecule has 0 fully saturated rings. The van der Waals surface area contributed by atoms with E-state index in [0.717, 1.165) is 12.1 Å². The fourth-order valence-electron chi connectivity index (χ4n) is 2.93. The van der Waals surface area contributed by atoms with E-state index in [4.69, 9.17) is 0 Å². The SMILES string of the molecule is Cc1ccc(-c2ccncc2-c2ccc(CS(=O)[O-])c(F)c2)cc1C(F)(F)F. The highest BCUT2D eigenvalue weighted by atomic mass is 32.2. The first-order valence-electron chi connectivity index (χ1n) is 8.13. The molecule has 146 valence electrons. The van der Waals surface area contributed by atoms with E-state index in [1.807, 2.05) is 0 Å². The molecule has 0 aliphatic carbocycles. The first kappa shape index (κ1) is 20.2. The predicted molar refractivity (Wildman–Crippen MR) is 97.4 cm³/mol. The van der Waals surface area contributed by atoms with Crippen molar-refractivity contribution in [2.75, 3.05) is 0 Å². The number of benzene rings is 2. The molecule has 1 aromatic heterocycles. The van der Waals surface area contributed by atoms with Crippen LogP contribution in [-0.4, -0.2) is 13.7 Å². The van der Waals surface area contributed by atoms with E-state index in [2.05, 4.69) is 4.98 Å². The van der Waals surface area contributed by atoms with Gasteiger partial charge in [-0.25, -0.2) is 4.39 Å². The van der Waals surface area contributed by atoms with Crippen LogP contribution in [0.2, 0.25) is 0 Å².